The predicted octanol–water partition coefficient (Wildman–Crippen LogP) is 22.6. The summed E-state index contributed by atoms with van der Waals surface area (Å²) < 4.78 is 17.0. The minimum atomic E-state index is -0.765. The van der Waals surface area contributed by atoms with Gasteiger partial charge in [0.25, 0.3) is 0 Å². The molecular weight excluding hydrogens is 913 g/mol. The zero-order chi connectivity index (χ0) is 54.1. The van der Waals surface area contributed by atoms with Crippen molar-refractivity contribution in [2.24, 2.45) is 17.8 Å². The van der Waals surface area contributed by atoms with Gasteiger partial charge >= 0.3 is 17.9 Å². The lowest BCUT2D eigenvalue weighted by Crippen LogP contribution is -2.30. The van der Waals surface area contributed by atoms with Gasteiger partial charge in [-0.15, -0.1) is 0 Å². The molecule has 6 nitrogen and oxygen atoms in total. The van der Waals surface area contributed by atoms with Crippen LogP contribution in [0.5, 0.6) is 0 Å². The summed E-state index contributed by atoms with van der Waals surface area (Å²) in [6, 6.07) is 0. The molecule has 0 saturated heterocycles. The lowest BCUT2D eigenvalue weighted by Gasteiger charge is -2.18. The van der Waals surface area contributed by atoms with Gasteiger partial charge in [0.05, 0.1) is 0 Å². The summed E-state index contributed by atoms with van der Waals surface area (Å²) in [5, 5.41) is 0. The fourth-order valence-corrected chi connectivity index (χ4v) is 10.6. The topological polar surface area (TPSA) is 78.9 Å². The number of ether oxygens (including phenoxy) is 3. The van der Waals surface area contributed by atoms with E-state index in [9.17, 15) is 14.4 Å². The van der Waals surface area contributed by atoms with Crippen LogP contribution in [0.3, 0.4) is 0 Å². The Morgan fingerprint density at radius 3 is 0.703 bits per heavy atom. The summed E-state index contributed by atoms with van der Waals surface area (Å²) in [4.78, 5) is 38.4. The van der Waals surface area contributed by atoms with Crippen LogP contribution in [0.1, 0.15) is 382 Å². The summed E-state index contributed by atoms with van der Waals surface area (Å²) in [6.07, 6.45) is 65.3. The second kappa shape index (κ2) is 59.1. The molecule has 0 radical (unpaired) electrons. The Hall–Kier alpha value is -1.59. The normalized spacial score (nSPS) is 12.5. The molecule has 0 N–H and O–H groups in total. The predicted molar refractivity (Wildman–Crippen MR) is 321 cm³/mol. The van der Waals surface area contributed by atoms with Crippen molar-refractivity contribution in [2.75, 3.05) is 13.2 Å². The second-order valence-corrected chi connectivity index (χ2v) is 24.7. The van der Waals surface area contributed by atoms with E-state index in [1.54, 1.807) is 0 Å². The van der Waals surface area contributed by atoms with E-state index in [0.717, 1.165) is 75.5 Å². The highest BCUT2D eigenvalue weighted by atomic mass is 16.6. The summed E-state index contributed by atoms with van der Waals surface area (Å²) >= 11 is 0. The van der Waals surface area contributed by atoms with Crippen LogP contribution in [-0.2, 0) is 28.6 Å². The van der Waals surface area contributed by atoms with Crippen LogP contribution in [0, 0.1) is 17.8 Å². The lowest BCUT2D eigenvalue weighted by molar-refractivity contribution is -0.167. The first kappa shape index (κ1) is 72.4. The largest absolute Gasteiger partial charge is 0.462 e. The van der Waals surface area contributed by atoms with E-state index in [4.69, 9.17) is 14.2 Å². The standard InChI is InChI=1S/C68H132O6/c1-7-64(6)56-50-44-38-32-26-20-15-17-22-28-34-40-46-52-58-67(70)73-61-65(74-68(71)59-53-47-41-35-29-23-16-14-19-25-31-37-43-49-55-63(4)5)60-72-66(69)57-51-45-39-33-27-21-13-11-9-8-10-12-18-24-30-36-42-48-54-62(2)3/h62-65H,7-61H2,1-6H3/t64?,65-/m0/s1. The van der Waals surface area contributed by atoms with E-state index in [-0.39, 0.29) is 31.1 Å². The Bertz CT molecular complexity index is 1150. The van der Waals surface area contributed by atoms with Gasteiger partial charge in [0, 0.05) is 19.3 Å². The van der Waals surface area contributed by atoms with Crippen LogP contribution in [0.25, 0.3) is 0 Å². The van der Waals surface area contributed by atoms with Gasteiger partial charge in [-0.05, 0) is 37.0 Å². The van der Waals surface area contributed by atoms with Crippen molar-refractivity contribution in [3.05, 3.63) is 0 Å². The molecule has 0 bridgehead atoms. The molecular formula is C68H132O6. The molecule has 0 aromatic carbocycles. The van der Waals surface area contributed by atoms with Crippen LogP contribution in [0.4, 0.5) is 0 Å². The Labute approximate surface area is 463 Å². The van der Waals surface area contributed by atoms with Crippen molar-refractivity contribution in [1.82, 2.24) is 0 Å². The summed E-state index contributed by atoms with van der Waals surface area (Å²) in [5.41, 5.74) is 0. The fraction of sp³-hybridized carbons (Fsp3) is 0.956. The number of hydrogen-bond donors (Lipinski definition) is 0. The van der Waals surface area contributed by atoms with E-state index in [1.807, 2.05) is 0 Å². The van der Waals surface area contributed by atoms with Crippen molar-refractivity contribution in [2.45, 2.75) is 388 Å². The molecule has 2 atom stereocenters. The summed E-state index contributed by atoms with van der Waals surface area (Å²) in [6.45, 7) is 13.9. The van der Waals surface area contributed by atoms with Gasteiger partial charge in [-0.2, -0.15) is 0 Å². The molecule has 0 aliphatic rings. The van der Waals surface area contributed by atoms with Crippen LogP contribution in [0.2, 0.25) is 0 Å². The van der Waals surface area contributed by atoms with Crippen molar-refractivity contribution < 1.29 is 28.6 Å². The molecule has 74 heavy (non-hydrogen) atoms. The van der Waals surface area contributed by atoms with Gasteiger partial charge in [-0.1, -0.05) is 343 Å². The molecule has 0 heterocycles. The Kier molecular flexibility index (Phi) is 57.8. The molecule has 1 unspecified atom stereocenters. The van der Waals surface area contributed by atoms with Crippen LogP contribution in [0.15, 0.2) is 0 Å². The number of unbranched alkanes of at least 4 members (excludes halogenated alkanes) is 43. The quantitative estimate of drug-likeness (QED) is 0.0343. The summed E-state index contributed by atoms with van der Waals surface area (Å²) in [7, 11) is 0. The smallest absolute Gasteiger partial charge is 0.306 e. The molecule has 0 saturated carbocycles. The van der Waals surface area contributed by atoms with Crippen molar-refractivity contribution in [3.8, 4) is 0 Å². The SMILES string of the molecule is CCC(C)CCCCCCCCCCCCCCCCC(=O)OC[C@H](COC(=O)CCCCCCCCCCCCCCCCCCCCC(C)C)OC(=O)CCCCCCCCCCCCCCCCC(C)C. The molecule has 440 valence electrons. The molecule has 0 aromatic heterocycles. The summed E-state index contributed by atoms with van der Waals surface area (Å²) in [5.74, 6) is 1.77. The molecule has 0 rings (SSSR count). The van der Waals surface area contributed by atoms with Crippen LogP contribution >= 0.6 is 0 Å². The molecule has 0 aromatic rings. The number of rotatable bonds is 61. The van der Waals surface area contributed by atoms with Crippen LogP contribution in [-0.4, -0.2) is 37.2 Å². The van der Waals surface area contributed by atoms with Gasteiger partial charge in [-0.3, -0.25) is 14.4 Å². The highest BCUT2D eigenvalue weighted by Gasteiger charge is 2.20. The number of hydrogen-bond acceptors (Lipinski definition) is 6. The maximum absolute atomic E-state index is 12.9. The molecule has 0 fully saturated rings. The van der Waals surface area contributed by atoms with E-state index in [1.165, 1.54) is 263 Å². The number of carbonyl (C=O) groups is 3. The number of carbonyl (C=O) groups excluding carboxylic acids is 3. The third-order valence-corrected chi connectivity index (χ3v) is 16.0. The fourth-order valence-electron chi connectivity index (χ4n) is 10.6. The highest BCUT2D eigenvalue weighted by molar-refractivity contribution is 5.71. The maximum atomic E-state index is 12.9. The van der Waals surface area contributed by atoms with Crippen molar-refractivity contribution in [3.63, 3.8) is 0 Å². The van der Waals surface area contributed by atoms with Crippen molar-refractivity contribution >= 4 is 17.9 Å². The Morgan fingerprint density at radius 1 is 0.270 bits per heavy atom. The van der Waals surface area contributed by atoms with Crippen LogP contribution < -0.4 is 0 Å². The van der Waals surface area contributed by atoms with Gasteiger partial charge < -0.3 is 14.2 Å². The lowest BCUT2D eigenvalue weighted by atomic mass is 9.99. The van der Waals surface area contributed by atoms with E-state index >= 15 is 0 Å². The first-order valence-electron chi connectivity index (χ1n) is 33.6. The van der Waals surface area contributed by atoms with E-state index in [0.29, 0.717) is 19.3 Å². The van der Waals surface area contributed by atoms with Gasteiger partial charge in [0.2, 0.25) is 0 Å². The molecule has 0 spiro atoms. The average Bonchev–Trinajstić information content (AvgIpc) is 3.38. The first-order valence-corrected chi connectivity index (χ1v) is 33.6. The van der Waals surface area contributed by atoms with Gasteiger partial charge in [-0.25, -0.2) is 0 Å². The first-order chi connectivity index (χ1) is 36.1. The zero-order valence-corrected chi connectivity index (χ0v) is 51.1. The molecule has 6 heteroatoms. The minimum Gasteiger partial charge on any atom is -0.462 e. The van der Waals surface area contributed by atoms with Gasteiger partial charge in [0.1, 0.15) is 13.2 Å². The van der Waals surface area contributed by atoms with Gasteiger partial charge in [0.15, 0.2) is 6.10 Å². The second-order valence-electron chi connectivity index (χ2n) is 24.7. The molecule has 0 aliphatic carbocycles. The van der Waals surface area contributed by atoms with Crippen molar-refractivity contribution in [1.29, 1.82) is 0 Å². The third-order valence-electron chi connectivity index (χ3n) is 16.0. The molecule has 0 amide bonds. The third kappa shape index (κ3) is 59.7. The minimum absolute atomic E-state index is 0.0622. The zero-order valence-electron chi connectivity index (χ0n) is 51.1. The molecule has 0 aliphatic heterocycles. The maximum Gasteiger partial charge on any atom is 0.306 e. The van der Waals surface area contributed by atoms with E-state index in [2.05, 4.69) is 41.5 Å². The van der Waals surface area contributed by atoms with E-state index < -0.39 is 6.10 Å². The Balaban J connectivity index is 4.28. The Morgan fingerprint density at radius 2 is 0.473 bits per heavy atom. The highest BCUT2D eigenvalue weighted by Crippen LogP contribution is 2.20. The number of esters is 3. The monoisotopic (exact) mass is 1050 g/mol. The average molecular weight is 1050 g/mol.